The molecule has 0 saturated heterocycles. The van der Waals surface area contributed by atoms with Gasteiger partial charge in [-0.3, -0.25) is 0 Å². The van der Waals surface area contributed by atoms with Gasteiger partial charge in [0, 0.05) is 0 Å². The van der Waals surface area contributed by atoms with Gasteiger partial charge in [-0.1, -0.05) is 0 Å². The minimum Gasteiger partial charge on any atom is -1.00 e. The fourth-order valence-corrected chi connectivity index (χ4v) is 13.8. The smallest absolute Gasteiger partial charge is 1.00 e. The van der Waals surface area contributed by atoms with Crippen molar-refractivity contribution in [2.75, 3.05) is 0 Å². The maximum atomic E-state index is 2.94. The number of unbranched alkanes of at least 4 members (excludes halogenated alkanes) is 12. The van der Waals surface area contributed by atoms with E-state index in [2.05, 4.69) is 65.8 Å². The van der Waals surface area contributed by atoms with Gasteiger partial charge >= 0.3 is 272 Å². The Morgan fingerprint density at radius 1 is 0.419 bits per heavy atom. The van der Waals surface area contributed by atoms with Crippen LogP contribution in [-0.2, 0) is 23.2 Å². The molecule has 0 spiro atoms. The third kappa shape index (κ3) is 14.8. The van der Waals surface area contributed by atoms with Gasteiger partial charge in [-0.25, -0.2) is 0 Å². The fraction of sp³-hybridized carbons (Fsp3) is 0.800. The molecule has 0 amide bonds. The summed E-state index contributed by atoms with van der Waals surface area (Å²) in [5.41, 5.74) is 7.26. The molecule has 0 radical (unpaired) electrons. The second-order valence-electron chi connectivity index (χ2n) is 13.6. The van der Waals surface area contributed by atoms with Crippen molar-refractivity contribution in [2.45, 2.75) is 202 Å². The minimum absolute atomic E-state index is 0. The van der Waals surface area contributed by atoms with Crippen LogP contribution in [0.4, 0.5) is 0 Å². The summed E-state index contributed by atoms with van der Waals surface area (Å²) in [6, 6.07) is 0. The Bertz CT molecular complexity index is 769. The van der Waals surface area contributed by atoms with E-state index in [0.717, 1.165) is 0 Å². The van der Waals surface area contributed by atoms with E-state index in [9.17, 15) is 0 Å². The van der Waals surface area contributed by atoms with Crippen LogP contribution in [0.15, 0.2) is 46.6 Å². The van der Waals surface area contributed by atoms with E-state index < -0.39 is 23.2 Å². The monoisotopic (exact) mass is 710 g/mol. The normalized spacial score (nSPS) is 21.0. The first-order valence-corrected chi connectivity index (χ1v) is 21.1. The van der Waals surface area contributed by atoms with E-state index in [-0.39, 0.29) is 24.8 Å². The van der Waals surface area contributed by atoms with E-state index in [1.54, 1.807) is 11.1 Å². The van der Waals surface area contributed by atoms with Gasteiger partial charge in [0.25, 0.3) is 0 Å². The summed E-state index contributed by atoms with van der Waals surface area (Å²) in [5.74, 6) is 0. The molecule has 2 aliphatic carbocycles. The Morgan fingerprint density at radius 3 is 1.05 bits per heavy atom. The zero-order chi connectivity index (χ0) is 29.8. The minimum atomic E-state index is -0.887. The average molecular weight is 713 g/mol. The van der Waals surface area contributed by atoms with Crippen LogP contribution in [0, 0.1) is 0 Å². The van der Waals surface area contributed by atoms with E-state index >= 15 is 0 Å². The van der Waals surface area contributed by atoms with Gasteiger partial charge in [-0.15, -0.1) is 0 Å². The average Bonchev–Trinajstić information content (AvgIpc) is 3.47. The Labute approximate surface area is 294 Å². The Balaban J connectivity index is 0.00000882. The van der Waals surface area contributed by atoms with Gasteiger partial charge in [0.1, 0.15) is 0 Å². The molecule has 3 heteroatoms. The zero-order valence-electron chi connectivity index (χ0n) is 29.5. The fourth-order valence-electron chi connectivity index (χ4n) is 7.30. The van der Waals surface area contributed by atoms with Crippen molar-refractivity contribution in [3.63, 3.8) is 0 Å². The second kappa shape index (κ2) is 25.5. The summed E-state index contributed by atoms with van der Waals surface area (Å²) < 4.78 is 0.887. The molecule has 2 atom stereocenters. The largest absolute Gasteiger partial charge is 1.00 e. The molecule has 2 rings (SSSR count). The SMILES string of the molecule is CCCCCC1=C[C](CCCCC)([Zr+2][C]2(CCCCC)C=C(CCCCC)C=C2CCCCC)C(CCCCC)=C1.[Cl-].[Cl-]. The predicted octanol–water partition coefficient (Wildman–Crippen LogP) is 8.61. The summed E-state index contributed by atoms with van der Waals surface area (Å²) in [7, 11) is 0. The van der Waals surface area contributed by atoms with Crippen LogP contribution in [0.25, 0.3) is 0 Å². The van der Waals surface area contributed by atoms with Gasteiger partial charge in [-0.05, 0) is 0 Å². The maximum absolute atomic E-state index is 2.94. The number of hydrogen-bond donors (Lipinski definition) is 0. The summed E-state index contributed by atoms with van der Waals surface area (Å²) in [6.45, 7) is 14.3. The molecule has 0 bridgehead atoms. The van der Waals surface area contributed by atoms with Crippen LogP contribution < -0.4 is 24.8 Å². The first-order chi connectivity index (χ1) is 20.0. The van der Waals surface area contributed by atoms with Gasteiger partial charge < -0.3 is 24.8 Å². The molecule has 0 N–H and O–H groups in total. The summed E-state index contributed by atoms with van der Waals surface area (Å²) in [5, 5.41) is 0. The van der Waals surface area contributed by atoms with Crippen LogP contribution in [0.2, 0.25) is 6.25 Å². The third-order valence-electron chi connectivity index (χ3n) is 9.76. The maximum Gasteiger partial charge on any atom is -1.00 e. The molecule has 0 nitrogen and oxygen atoms in total. The van der Waals surface area contributed by atoms with Crippen LogP contribution in [0.3, 0.4) is 0 Å². The van der Waals surface area contributed by atoms with Crippen molar-refractivity contribution in [3.05, 3.63) is 46.6 Å². The van der Waals surface area contributed by atoms with E-state index in [1.165, 1.54) is 154 Å². The standard InChI is InChI=1S/2C20H35.2ClH.Zr/c2*1-4-7-10-13-18-16-19(14-11-8-5-2)20(17-18)15-12-9-6-3;;;/h2*16-17H,4-15H2,1-3H3;2*1H;/q;;;;+2/p-2. The Morgan fingerprint density at radius 2 is 0.721 bits per heavy atom. The molecule has 0 aromatic carbocycles. The van der Waals surface area contributed by atoms with Crippen molar-refractivity contribution in [3.8, 4) is 0 Å². The predicted molar refractivity (Wildman–Crippen MR) is 183 cm³/mol. The molecule has 0 aromatic heterocycles. The number of halogens is 2. The quantitative estimate of drug-likeness (QED) is 0.0789. The Hall–Kier alpha value is 0.423. The molecule has 0 heterocycles. The topological polar surface area (TPSA) is 0 Å². The molecular formula is C40H70Cl2Zr. The van der Waals surface area contributed by atoms with Crippen LogP contribution in [0.1, 0.15) is 196 Å². The van der Waals surface area contributed by atoms with E-state index in [1.807, 2.05) is 11.1 Å². The molecule has 2 aliphatic rings. The van der Waals surface area contributed by atoms with Crippen LogP contribution in [0.5, 0.6) is 0 Å². The summed E-state index contributed by atoms with van der Waals surface area (Å²) in [6.07, 6.45) is 44.5. The van der Waals surface area contributed by atoms with Crippen molar-refractivity contribution >= 4 is 0 Å². The van der Waals surface area contributed by atoms with Gasteiger partial charge in [0.05, 0.1) is 0 Å². The molecule has 248 valence electrons. The zero-order valence-corrected chi connectivity index (χ0v) is 33.5. The van der Waals surface area contributed by atoms with Crippen molar-refractivity contribution in [1.82, 2.24) is 0 Å². The third-order valence-corrected chi connectivity index (χ3v) is 15.5. The molecule has 0 fully saturated rings. The first-order valence-electron chi connectivity index (χ1n) is 18.7. The van der Waals surface area contributed by atoms with Crippen molar-refractivity contribution in [2.24, 2.45) is 0 Å². The van der Waals surface area contributed by atoms with Crippen molar-refractivity contribution in [1.29, 1.82) is 0 Å². The van der Waals surface area contributed by atoms with E-state index in [0.29, 0.717) is 6.25 Å². The van der Waals surface area contributed by atoms with Crippen molar-refractivity contribution < 1.29 is 48.0 Å². The molecule has 0 saturated carbocycles. The molecule has 43 heavy (non-hydrogen) atoms. The molecule has 0 aromatic rings. The first kappa shape index (κ1) is 43.4. The second-order valence-corrected chi connectivity index (χ2v) is 18.6. The van der Waals surface area contributed by atoms with Gasteiger partial charge in [-0.2, -0.15) is 0 Å². The van der Waals surface area contributed by atoms with Gasteiger partial charge in [0.15, 0.2) is 0 Å². The number of allylic oxidation sites excluding steroid dienone is 8. The number of hydrogen-bond acceptors (Lipinski definition) is 0. The summed E-state index contributed by atoms with van der Waals surface area (Å²) >= 11 is -0.887. The Kier molecular flexibility index (Phi) is 25.8. The van der Waals surface area contributed by atoms with Gasteiger partial charge in [0.2, 0.25) is 0 Å². The van der Waals surface area contributed by atoms with Crippen LogP contribution in [-0.4, -0.2) is 0 Å². The molecular weight excluding hydrogens is 643 g/mol. The molecule has 2 unspecified atom stereocenters. The number of rotatable bonds is 26. The molecule has 0 aliphatic heterocycles. The summed E-state index contributed by atoms with van der Waals surface area (Å²) in [4.78, 5) is 0. The van der Waals surface area contributed by atoms with Crippen LogP contribution >= 0.6 is 0 Å². The van der Waals surface area contributed by atoms with E-state index in [4.69, 9.17) is 0 Å².